The molecule has 3 rings (SSSR count). The first-order valence-electron chi connectivity index (χ1n) is 7.70. The van der Waals surface area contributed by atoms with Gasteiger partial charge >= 0.3 is 0 Å². The number of hydrogen-bond donors (Lipinski definition) is 1. The van der Waals surface area contributed by atoms with Crippen molar-refractivity contribution in [2.24, 2.45) is 0 Å². The average Bonchev–Trinajstić information content (AvgIpc) is 3.09. The van der Waals surface area contributed by atoms with Gasteiger partial charge in [-0.3, -0.25) is 4.79 Å². The van der Waals surface area contributed by atoms with Gasteiger partial charge in [0.05, 0.1) is 14.2 Å². The largest absolute Gasteiger partial charge is 0.495 e. The fourth-order valence-electron chi connectivity index (χ4n) is 2.52. The lowest BCUT2D eigenvalue weighted by Crippen LogP contribution is -2.25. The monoisotopic (exact) mass is 407 g/mol. The second-order valence-corrected chi connectivity index (χ2v) is 6.18. The molecule has 0 bridgehead atoms. The molecule has 1 N–H and O–H groups in total. The molecule has 2 aromatic carbocycles. The number of rotatable bonds is 6. The predicted octanol–water partition coefficient (Wildman–Crippen LogP) is 3.17. The normalized spacial score (nSPS) is 12.0. The van der Waals surface area contributed by atoms with E-state index in [0.717, 1.165) is 17.1 Å². The van der Waals surface area contributed by atoms with Crippen molar-refractivity contribution in [3.05, 3.63) is 45.9 Å². The summed E-state index contributed by atoms with van der Waals surface area (Å²) >= 11 is 3.39. The minimum Gasteiger partial charge on any atom is -0.495 e. The Morgan fingerprint density at radius 1 is 1.12 bits per heavy atom. The van der Waals surface area contributed by atoms with E-state index in [1.807, 2.05) is 18.2 Å². The van der Waals surface area contributed by atoms with Gasteiger partial charge < -0.3 is 24.3 Å². The van der Waals surface area contributed by atoms with E-state index in [1.54, 1.807) is 26.4 Å². The molecule has 7 heteroatoms. The molecule has 0 saturated heterocycles. The Kier molecular flexibility index (Phi) is 5.33. The smallest absolute Gasteiger partial charge is 0.251 e. The summed E-state index contributed by atoms with van der Waals surface area (Å²) in [7, 11) is 3.09. The minimum absolute atomic E-state index is 0.190. The lowest BCUT2D eigenvalue weighted by atomic mass is 10.1. The van der Waals surface area contributed by atoms with E-state index in [1.165, 1.54) is 0 Å². The molecule has 0 aliphatic carbocycles. The van der Waals surface area contributed by atoms with Gasteiger partial charge in [-0.05, 0) is 52.2 Å². The summed E-state index contributed by atoms with van der Waals surface area (Å²) in [6, 6.07) is 9.11. The van der Waals surface area contributed by atoms with Gasteiger partial charge in [0.25, 0.3) is 5.91 Å². The highest BCUT2D eigenvalue weighted by molar-refractivity contribution is 9.10. The topological polar surface area (TPSA) is 66.0 Å². The molecule has 0 spiro atoms. The van der Waals surface area contributed by atoms with Gasteiger partial charge in [-0.1, -0.05) is 6.07 Å². The van der Waals surface area contributed by atoms with Crippen LogP contribution in [0.15, 0.2) is 34.8 Å². The average molecular weight is 408 g/mol. The molecular formula is C18H18BrNO5. The second kappa shape index (κ2) is 7.65. The van der Waals surface area contributed by atoms with Crippen LogP contribution in [0.2, 0.25) is 0 Å². The van der Waals surface area contributed by atoms with E-state index in [2.05, 4.69) is 21.2 Å². The SMILES string of the molecule is COc1cc(C(=O)NCCc2ccc3c(c2)OCO3)cc(OC)c1Br. The Balaban J connectivity index is 1.63. The van der Waals surface area contributed by atoms with E-state index >= 15 is 0 Å². The zero-order valence-corrected chi connectivity index (χ0v) is 15.5. The van der Waals surface area contributed by atoms with Gasteiger partial charge in [-0.25, -0.2) is 0 Å². The summed E-state index contributed by atoms with van der Waals surface area (Å²) in [5, 5.41) is 2.90. The Labute approximate surface area is 154 Å². The van der Waals surface area contributed by atoms with Crippen molar-refractivity contribution >= 4 is 21.8 Å². The number of methoxy groups -OCH3 is 2. The van der Waals surface area contributed by atoms with Crippen LogP contribution in [0.1, 0.15) is 15.9 Å². The van der Waals surface area contributed by atoms with Crippen molar-refractivity contribution in [2.75, 3.05) is 27.6 Å². The van der Waals surface area contributed by atoms with Crippen LogP contribution in [0.5, 0.6) is 23.0 Å². The highest BCUT2D eigenvalue weighted by Crippen LogP contribution is 2.35. The Bertz CT molecular complexity index is 768. The Morgan fingerprint density at radius 3 is 2.48 bits per heavy atom. The van der Waals surface area contributed by atoms with Gasteiger partial charge in [0, 0.05) is 12.1 Å². The van der Waals surface area contributed by atoms with E-state index in [9.17, 15) is 4.79 Å². The van der Waals surface area contributed by atoms with Crippen molar-refractivity contribution in [1.82, 2.24) is 5.32 Å². The molecule has 0 saturated carbocycles. The van der Waals surface area contributed by atoms with Crippen molar-refractivity contribution in [3.8, 4) is 23.0 Å². The molecule has 25 heavy (non-hydrogen) atoms. The first-order chi connectivity index (χ1) is 12.1. The van der Waals surface area contributed by atoms with Crippen molar-refractivity contribution in [2.45, 2.75) is 6.42 Å². The third-order valence-corrected chi connectivity index (χ3v) is 4.63. The highest BCUT2D eigenvalue weighted by atomic mass is 79.9. The maximum Gasteiger partial charge on any atom is 0.251 e. The summed E-state index contributed by atoms with van der Waals surface area (Å²) < 4.78 is 21.8. The van der Waals surface area contributed by atoms with Crippen LogP contribution in [0.4, 0.5) is 0 Å². The van der Waals surface area contributed by atoms with Crippen LogP contribution in [-0.4, -0.2) is 33.5 Å². The standard InChI is InChI=1S/C18H18BrNO5/c1-22-15-8-12(9-16(23-2)17(15)19)18(21)20-6-5-11-3-4-13-14(7-11)25-10-24-13/h3-4,7-9H,5-6,10H2,1-2H3,(H,20,21). The van der Waals surface area contributed by atoms with Crippen LogP contribution in [-0.2, 0) is 6.42 Å². The molecule has 0 fully saturated rings. The highest BCUT2D eigenvalue weighted by Gasteiger charge is 2.15. The predicted molar refractivity (Wildman–Crippen MR) is 95.8 cm³/mol. The maximum absolute atomic E-state index is 12.4. The zero-order chi connectivity index (χ0) is 17.8. The molecule has 0 aromatic heterocycles. The fourth-order valence-corrected chi connectivity index (χ4v) is 3.07. The molecule has 1 heterocycles. The molecule has 1 aliphatic heterocycles. The first-order valence-corrected chi connectivity index (χ1v) is 8.50. The zero-order valence-electron chi connectivity index (χ0n) is 13.9. The van der Waals surface area contributed by atoms with Gasteiger partial charge in [-0.15, -0.1) is 0 Å². The summed E-state index contributed by atoms with van der Waals surface area (Å²) in [5.74, 6) is 2.39. The Morgan fingerprint density at radius 2 is 1.80 bits per heavy atom. The first kappa shape index (κ1) is 17.4. The van der Waals surface area contributed by atoms with Crippen LogP contribution in [0.25, 0.3) is 0 Å². The van der Waals surface area contributed by atoms with Crippen molar-refractivity contribution in [3.63, 3.8) is 0 Å². The molecule has 6 nitrogen and oxygen atoms in total. The van der Waals surface area contributed by atoms with Crippen molar-refractivity contribution < 1.29 is 23.7 Å². The fraction of sp³-hybridized carbons (Fsp3) is 0.278. The molecule has 2 aromatic rings. The van der Waals surface area contributed by atoms with E-state index in [4.69, 9.17) is 18.9 Å². The quantitative estimate of drug-likeness (QED) is 0.796. The minimum atomic E-state index is -0.190. The number of hydrogen-bond acceptors (Lipinski definition) is 5. The molecule has 1 aliphatic rings. The van der Waals surface area contributed by atoms with Gasteiger partial charge in [-0.2, -0.15) is 0 Å². The van der Waals surface area contributed by atoms with E-state index < -0.39 is 0 Å². The van der Waals surface area contributed by atoms with Gasteiger partial charge in [0.2, 0.25) is 6.79 Å². The summed E-state index contributed by atoms with van der Waals surface area (Å²) in [4.78, 5) is 12.4. The second-order valence-electron chi connectivity index (χ2n) is 5.39. The van der Waals surface area contributed by atoms with Crippen LogP contribution in [0.3, 0.4) is 0 Å². The molecule has 0 radical (unpaired) electrons. The third-order valence-electron chi connectivity index (χ3n) is 3.84. The Hall–Kier alpha value is -2.41. The van der Waals surface area contributed by atoms with E-state index in [0.29, 0.717) is 34.5 Å². The molecule has 132 valence electrons. The maximum atomic E-state index is 12.4. The van der Waals surface area contributed by atoms with Gasteiger partial charge in [0.1, 0.15) is 16.0 Å². The summed E-state index contributed by atoms with van der Waals surface area (Å²) in [6.45, 7) is 0.752. The van der Waals surface area contributed by atoms with Gasteiger partial charge in [0.15, 0.2) is 11.5 Å². The van der Waals surface area contributed by atoms with Crippen LogP contribution in [0, 0.1) is 0 Å². The number of benzene rings is 2. The summed E-state index contributed by atoms with van der Waals surface area (Å²) in [5.41, 5.74) is 1.54. The lowest BCUT2D eigenvalue weighted by molar-refractivity contribution is 0.0953. The number of halogens is 1. The number of carbonyl (C=O) groups excluding carboxylic acids is 1. The lowest BCUT2D eigenvalue weighted by Gasteiger charge is -2.12. The number of ether oxygens (including phenoxy) is 4. The molecule has 0 unspecified atom stereocenters. The third kappa shape index (κ3) is 3.82. The van der Waals surface area contributed by atoms with E-state index in [-0.39, 0.29) is 12.7 Å². The molecular weight excluding hydrogens is 390 g/mol. The number of nitrogens with one attached hydrogen (secondary N) is 1. The molecule has 0 atom stereocenters. The van der Waals surface area contributed by atoms with Crippen molar-refractivity contribution in [1.29, 1.82) is 0 Å². The van der Waals surface area contributed by atoms with Crippen LogP contribution >= 0.6 is 15.9 Å². The van der Waals surface area contributed by atoms with Crippen LogP contribution < -0.4 is 24.3 Å². The number of fused-ring (bicyclic) bond motifs is 1. The molecule has 1 amide bonds. The summed E-state index contributed by atoms with van der Waals surface area (Å²) in [6.07, 6.45) is 0.688. The number of carbonyl (C=O) groups is 1. The number of amides is 1.